The Morgan fingerprint density at radius 3 is 2.25 bits per heavy atom. The second-order valence-corrected chi connectivity index (χ2v) is 5.00. The summed E-state index contributed by atoms with van der Waals surface area (Å²) < 4.78 is 0. The van der Waals surface area contributed by atoms with Crippen LogP contribution < -0.4 is 0 Å². The third-order valence-electron chi connectivity index (χ3n) is 4.54. The smallest absolute Gasteiger partial charge is 0.142 e. The van der Waals surface area contributed by atoms with Crippen LogP contribution in [0.15, 0.2) is 0 Å². The normalized spacial score (nSPS) is 50.2. The number of fused-ring (bicyclic) bond motifs is 2. The van der Waals surface area contributed by atoms with Crippen molar-refractivity contribution in [2.75, 3.05) is 0 Å². The van der Waals surface area contributed by atoms with Gasteiger partial charge < -0.3 is 5.11 Å². The molecule has 0 aromatic rings. The highest BCUT2D eigenvalue weighted by Gasteiger charge is 2.66. The first kappa shape index (κ1) is 8.24. The zero-order chi connectivity index (χ0) is 9.15. The minimum absolute atomic E-state index is 0.00347. The van der Waals surface area contributed by atoms with Crippen LogP contribution in [0.5, 0.6) is 0 Å². The number of aliphatic hydroxyl groups is 1. The van der Waals surface area contributed by atoms with Crippen molar-refractivity contribution >= 4 is 5.78 Å². The minimum Gasteiger partial charge on any atom is -0.392 e. The first-order valence-electron chi connectivity index (χ1n) is 4.62. The molecule has 2 nitrogen and oxygen atoms in total. The fraction of sp³-hybridized carbons (Fsp3) is 0.900. The number of Topliss-reactive ketones (excluding diaryl/α,β-unsaturated/α-hetero) is 1. The van der Waals surface area contributed by atoms with E-state index < -0.39 is 11.5 Å². The van der Waals surface area contributed by atoms with Gasteiger partial charge in [-0.05, 0) is 24.7 Å². The van der Waals surface area contributed by atoms with E-state index in [0.717, 1.165) is 6.42 Å². The largest absolute Gasteiger partial charge is 0.392 e. The van der Waals surface area contributed by atoms with Gasteiger partial charge >= 0.3 is 0 Å². The van der Waals surface area contributed by atoms with E-state index in [-0.39, 0.29) is 11.2 Å². The second-order valence-electron chi connectivity index (χ2n) is 5.00. The summed E-state index contributed by atoms with van der Waals surface area (Å²) in [5, 5.41) is 9.76. The fourth-order valence-corrected chi connectivity index (χ4v) is 2.97. The van der Waals surface area contributed by atoms with Crippen molar-refractivity contribution < 1.29 is 9.90 Å². The Labute approximate surface area is 73.0 Å². The second kappa shape index (κ2) is 1.92. The van der Waals surface area contributed by atoms with E-state index in [1.54, 1.807) is 0 Å². The third kappa shape index (κ3) is 0.598. The van der Waals surface area contributed by atoms with Gasteiger partial charge in [-0.1, -0.05) is 13.8 Å². The summed E-state index contributed by atoms with van der Waals surface area (Å²) in [4.78, 5) is 11.6. The van der Waals surface area contributed by atoms with E-state index in [1.807, 2.05) is 6.92 Å². The SMILES string of the molecule is CC1(C)[C@H]2CC(=O)[C@@]1(C)[C@H](O)C2. The number of hydrogen-bond donors (Lipinski definition) is 1. The van der Waals surface area contributed by atoms with Gasteiger partial charge in [0.2, 0.25) is 0 Å². The summed E-state index contributed by atoms with van der Waals surface area (Å²) in [5.41, 5.74) is -0.457. The number of hydrogen-bond acceptors (Lipinski definition) is 2. The maximum Gasteiger partial charge on any atom is 0.142 e. The summed E-state index contributed by atoms with van der Waals surface area (Å²) >= 11 is 0. The summed E-state index contributed by atoms with van der Waals surface area (Å²) in [6, 6.07) is 0. The Balaban J connectivity index is 2.51. The van der Waals surface area contributed by atoms with E-state index in [4.69, 9.17) is 0 Å². The first-order valence-corrected chi connectivity index (χ1v) is 4.62. The van der Waals surface area contributed by atoms with Crippen LogP contribution in [0.25, 0.3) is 0 Å². The summed E-state index contributed by atoms with van der Waals surface area (Å²) in [5.74, 6) is 0.668. The van der Waals surface area contributed by atoms with E-state index in [2.05, 4.69) is 13.8 Å². The molecule has 0 aromatic carbocycles. The molecule has 0 aromatic heterocycles. The predicted octanol–water partition coefficient (Wildman–Crippen LogP) is 1.37. The molecule has 2 bridgehead atoms. The molecule has 2 aliphatic rings. The molecule has 2 fully saturated rings. The average Bonchev–Trinajstić information content (AvgIpc) is 2.20. The van der Waals surface area contributed by atoms with Crippen molar-refractivity contribution in [1.82, 2.24) is 0 Å². The molecule has 2 aliphatic carbocycles. The van der Waals surface area contributed by atoms with Gasteiger partial charge in [0.25, 0.3) is 0 Å². The van der Waals surface area contributed by atoms with Crippen LogP contribution in [0.1, 0.15) is 33.6 Å². The van der Waals surface area contributed by atoms with Crippen LogP contribution >= 0.6 is 0 Å². The quantitative estimate of drug-likeness (QED) is 0.593. The molecule has 0 radical (unpaired) electrons. The first-order chi connectivity index (χ1) is 5.40. The van der Waals surface area contributed by atoms with Crippen molar-refractivity contribution in [2.45, 2.75) is 39.7 Å². The molecular formula is C10H16O2. The highest BCUT2D eigenvalue weighted by molar-refractivity contribution is 5.90. The van der Waals surface area contributed by atoms with Gasteiger partial charge in [0, 0.05) is 6.42 Å². The average molecular weight is 168 g/mol. The number of carbonyl (C=O) groups excluding carboxylic acids is 1. The van der Waals surface area contributed by atoms with Gasteiger partial charge in [-0.25, -0.2) is 0 Å². The number of ketones is 1. The Morgan fingerprint density at radius 2 is 2.00 bits per heavy atom. The number of carbonyl (C=O) groups is 1. The Bertz CT molecular complexity index is 244. The van der Waals surface area contributed by atoms with E-state index in [1.165, 1.54) is 0 Å². The van der Waals surface area contributed by atoms with Crippen molar-refractivity contribution in [1.29, 1.82) is 0 Å². The highest BCUT2D eigenvalue weighted by atomic mass is 16.3. The van der Waals surface area contributed by atoms with Crippen LogP contribution in [-0.2, 0) is 4.79 Å². The summed E-state index contributed by atoms with van der Waals surface area (Å²) in [7, 11) is 0. The predicted molar refractivity (Wildman–Crippen MR) is 45.6 cm³/mol. The molecule has 0 aliphatic heterocycles. The molecule has 1 N–H and O–H groups in total. The molecule has 3 atom stereocenters. The van der Waals surface area contributed by atoms with Gasteiger partial charge in [-0.2, -0.15) is 0 Å². The van der Waals surface area contributed by atoms with Crippen LogP contribution in [0.4, 0.5) is 0 Å². The zero-order valence-electron chi connectivity index (χ0n) is 7.92. The fourth-order valence-electron chi connectivity index (χ4n) is 2.97. The zero-order valence-corrected chi connectivity index (χ0v) is 7.92. The van der Waals surface area contributed by atoms with Gasteiger partial charge in [0.1, 0.15) is 5.78 Å². The number of rotatable bonds is 0. The standard InChI is InChI=1S/C10H16O2/c1-9(2)6-4-7(11)10(9,3)8(12)5-6/h6-7,11H,4-5H2,1-3H3/t6-,7-,10-/m1/s1. The molecule has 0 spiro atoms. The topological polar surface area (TPSA) is 37.3 Å². The van der Waals surface area contributed by atoms with E-state index >= 15 is 0 Å². The molecule has 2 saturated carbocycles. The molecule has 68 valence electrons. The van der Waals surface area contributed by atoms with E-state index in [0.29, 0.717) is 12.3 Å². The van der Waals surface area contributed by atoms with Crippen molar-refractivity contribution in [3.8, 4) is 0 Å². The lowest BCUT2D eigenvalue weighted by Gasteiger charge is -2.34. The van der Waals surface area contributed by atoms with Crippen LogP contribution in [-0.4, -0.2) is 17.0 Å². The highest BCUT2D eigenvalue weighted by Crippen LogP contribution is 2.63. The van der Waals surface area contributed by atoms with Gasteiger partial charge in [0.05, 0.1) is 11.5 Å². The minimum atomic E-state index is -0.461. The van der Waals surface area contributed by atoms with Crippen molar-refractivity contribution in [3.05, 3.63) is 0 Å². The lowest BCUT2D eigenvalue weighted by atomic mass is 9.69. The van der Waals surface area contributed by atoms with Crippen molar-refractivity contribution in [2.24, 2.45) is 16.7 Å². The van der Waals surface area contributed by atoms with Crippen molar-refractivity contribution in [3.63, 3.8) is 0 Å². The summed E-state index contributed by atoms with van der Waals surface area (Å²) in [6.07, 6.45) is 1.09. The van der Waals surface area contributed by atoms with E-state index in [9.17, 15) is 9.90 Å². The molecule has 0 unspecified atom stereocenters. The van der Waals surface area contributed by atoms with Crippen LogP contribution in [0.2, 0.25) is 0 Å². The molecule has 2 heteroatoms. The molecule has 2 rings (SSSR count). The monoisotopic (exact) mass is 168 g/mol. The lowest BCUT2D eigenvalue weighted by molar-refractivity contribution is -0.135. The van der Waals surface area contributed by atoms with Crippen LogP contribution in [0, 0.1) is 16.7 Å². The Kier molecular flexibility index (Phi) is 1.32. The molecule has 0 saturated heterocycles. The van der Waals surface area contributed by atoms with Gasteiger partial charge in [-0.15, -0.1) is 0 Å². The maximum absolute atomic E-state index is 11.6. The third-order valence-corrected chi connectivity index (χ3v) is 4.54. The Hall–Kier alpha value is -0.370. The molecule has 0 heterocycles. The molecule has 12 heavy (non-hydrogen) atoms. The maximum atomic E-state index is 11.6. The lowest BCUT2D eigenvalue weighted by Crippen LogP contribution is -2.41. The van der Waals surface area contributed by atoms with Gasteiger partial charge in [-0.3, -0.25) is 4.79 Å². The summed E-state index contributed by atoms with van der Waals surface area (Å²) in [6.45, 7) is 6.14. The van der Waals surface area contributed by atoms with Gasteiger partial charge in [0.15, 0.2) is 0 Å². The number of aliphatic hydroxyl groups excluding tert-OH is 1. The molecule has 0 amide bonds. The van der Waals surface area contributed by atoms with Crippen LogP contribution in [0.3, 0.4) is 0 Å². The Morgan fingerprint density at radius 1 is 1.42 bits per heavy atom. The molecular weight excluding hydrogens is 152 g/mol.